The molecule has 30 heavy (non-hydrogen) atoms. The van der Waals surface area contributed by atoms with E-state index in [2.05, 4.69) is 4.98 Å². The number of carbonyl (C=O) groups is 2. The fourth-order valence-corrected chi connectivity index (χ4v) is 3.83. The second kappa shape index (κ2) is 7.94. The van der Waals surface area contributed by atoms with Crippen molar-refractivity contribution in [3.8, 4) is 0 Å². The Morgan fingerprint density at radius 2 is 1.73 bits per heavy atom. The lowest BCUT2D eigenvalue weighted by molar-refractivity contribution is -0.132. The number of aromatic nitrogens is 1. The third-order valence-corrected chi connectivity index (χ3v) is 5.49. The van der Waals surface area contributed by atoms with Gasteiger partial charge in [-0.05, 0) is 54.4 Å². The Kier molecular flexibility index (Phi) is 5.33. The van der Waals surface area contributed by atoms with Gasteiger partial charge in [-0.1, -0.05) is 47.5 Å². The van der Waals surface area contributed by atoms with Crippen molar-refractivity contribution < 1.29 is 14.7 Å². The van der Waals surface area contributed by atoms with Crippen molar-refractivity contribution in [2.45, 2.75) is 13.0 Å². The highest BCUT2D eigenvalue weighted by molar-refractivity contribution is 6.51. The normalized spacial score (nSPS) is 18.1. The second-order valence-electron chi connectivity index (χ2n) is 6.89. The van der Waals surface area contributed by atoms with Crippen LogP contribution >= 0.6 is 23.2 Å². The number of halogens is 2. The Balaban J connectivity index is 1.98. The van der Waals surface area contributed by atoms with Gasteiger partial charge in [0.15, 0.2) is 0 Å². The maximum absolute atomic E-state index is 13.0. The molecule has 1 N–H and O–H groups in total. The summed E-state index contributed by atoms with van der Waals surface area (Å²) in [6.07, 6.45) is 1.57. The average molecular weight is 439 g/mol. The lowest BCUT2D eigenvalue weighted by Crippen LogP contribution is -2.30. The van der Waals surface area contributed by atoms with E-state index in [4.69, 9.17) is 23.2 Å². The molecule has 0 radical (unpaired) electrons. The van der Waals surface area contributed by atoms with Gasteiger partial charge in [0.25, 0.3) is 5.78 Å². The zero-order valence-electron chi connectivity index (χ0n) is 15.8. The molecule has 2 heterocycles. The van der Waals surface area contributed by atoms with E-state index in [9.17, 15) is 14.7 Å². The van der Waals surface area contributed by atoms with Crippen LogP contribution in [-0.2, 0) is 9.59 Å². The van der Waals surface area contributed by atoms with Gasteiger partial charge in [0.05, 0.1) is 16.6 Å². The smallest absolute Gasteiger partial charge is 0.301 e. The molecule has 1 atom stereocenters. The van der Waals surface area contributed by atoms with Crippen LogP contribution in [0.1, 0.15) is 22.7 Å². The molecule has 1 aromatic heterocycles. The molecular weight excluding hydrogens is 423 g/mol. The summed E-state index contributed by atoms with van der Waals surface area (Å²) in [6.45, 7) is 1.86. The van der Waals surface area contributed by atoms with Crippen LogP contribution in [0, 0.1) is 6.92 Å². The SMILES string of the molecule is Cc1ccnc(N2C(=O)C(=O)C(=C(O)c3ccccc3Cl)[C@H]2c2ccc(Cl)cc2)c1. The monoisotopic (exact) mass is 438 g/mol. The minimum Gasteiger partial charge on any atom is -0.507 e. The number of amides is 1. The average Bonchev–Trinajstić information content (AvgIpc) is 2.99. The fourth-order valence-electron chi connectivity index (χ4n) is 3.48. The molecule has 1 saturated heterocycles. The van der Waals surface area contributed by atoms with Crippen LogP contribution in [0.15, 0.2) is 72.4 Å². The van der Waals surface area contributed by atoms with Crippen LogP contribution in [0.2, 0.25) is 10.0 Å². The molecule has 4 rings (SSSR count). The van der Waals surface area contributed by atoms with Crippen LogP contribution in [-0.4, -0.2) is 21.8 Å². The Hall–Kier alpha value is -3.15. The predicted molar refractivity (Wildman–Crippen MR) is 117 cm³/mol. The number of aryl methyl sites for hydroxylation is 1. The molecule has 1 amide bonds. The highest BCUT2D eigenvalue weighted by atomic mass is 35.5. The largest absolute Gasteiger partial charge is 0.507 e. The minimum absolute atomic E-state index is 0.0567. The number of Topliss-reactive ketones (excluding diaryl/α,β-unsaturated/α-hetero) is 1. The first-order valence-corrected chi connectivity index (χ1v) is 9.88. The van der Waals surface area contributed by atoms with E-state index in [0.29, 0.717) is 16.4 Å². The van der Waals surface area contributed by atoms with E-state index in [1.54, 1.807) is 66.9 Å². The zero-order chi connectivity index (χ0) is 21.4. The van der Waals surface area contributed by atoms with Gasteiger partial charge >= 0.3 is 5.91 Å². The third-order valence-electron chi connectivity index (χ3n) is 4.91. The lowest BCUT2D eigenvalue weighted by atomic mass is 9.95. The Bertz CT molecular complexity index is 1190. The molecule has 1 aliphatic rings. The molecule has 0 bridgehead atoms. The molecule has 3 aromatic rings. The van der Waals surface area contributed by atoms with Crippen LogP contribution in [0.4, 0.5) is 5.82 Å². The van der Waals surface area contributed by atoms with Crippen LogP contribution < -0.4 is 4.90 Å². The molecule has 0 aliphatic carbocycles. The molecule has 150 valence electrons. The van der Waals surface area contributed by atoms with Gasteiger partial charge in [-0.25, -0.2) is 4.98 Å². The highest BCUT2D eigenvalue weighted by Gasteiger charge is 2.47. The maximum atomic E-state index is 13.0. The number of aliphatic hydroxyl groups excluding tert-OH is 1. The highest BCUT2D eigenvalue weighted by Crippen LogP contribution is 2.42. The number of nitrogens with zero attached hydrogens (tertiary/aromatic N) is 2. The van der Waals surface area contributed by atoms with Gasteiger partial charge in [-0.2, -0.15) is 0 Å². The second-order valence-corrected chi connectivity index (χ2v) is 7.74. The Morgan fingerprint density at radius 3 is 2.40 bits per heavy atom. The summed E-state index contributed by atoms with van der Waals surface area (Å²) in [5, 5.41) is 11.8. The summed E-state index contributed by atoms with van der Waals surface area (Å²) in [4.78, 5) is 31.6. The van der Waals surface area contributed by atoms with Crippen LogP contribution in [0.25, 0.3) is 5.76 Å². The first-order valence-electron chi connectivity index (χ1n) is 9.12. The van der Waals surface area contributed by atoms with E-state index in [1.165, 1.54) is 4.90 Å². The molecule has 1 aliphatic heterocycles. The molecule has 0 saturated carbocycles. The van der Waals surface area contributed by atoms with Gasteiger partial charge in [0, 0.05) is 16.8 Å². The first kappa shape index (κ1) is 20.1. The Morgan fingerprint density at radius 1 is 1.03 bits per heavy atom. The molecule has 5 nitrogen and oxygen atoms in total. The van der Waals surface area contributed by atoms with Crippen LogP contribution in [0.5, 0.6) is 0 Å². The summed E-state index contributed by atoms with van der Waals surface area (Å²) < 4.78 is 0. The van der Waals surface area contributed by atoms with Crippen molar-refractivity contribution in [2.75, 3.05) is 4.90 Å². The summed E-state index contributed by atoms with van der Waals surface area (Å²) in [5.74, 6) is -1.61. The summed E-state index contributed by atoms with van der Waals surface area (Å²) in [6, 6.07) is 16.0. The Labute approximate surface area is 183 Å². The van der Waals surface area contributed by atoms with E-state index >= 15 is 0 Å². The number of hydrogen-bond donors (Lipinski definition) is 1. The summed E-state index contributed by atoms with van der Waals surface area (Å²) >= 11 is 12.3. The number of ketones is 1. The van der Waals surface area contributed by atoms with E-state index in [1.807, 2.05) is 6.92 Å². The quantitative estimate of drug-likeness (QED) is 0.341. The number of carbonyl (C=O) groups excluding carboxylic acids is 2. The molecular formula is C23H16Cl2N2O3. The molecule has 0 spiro atoms. The van der Waals surface area contributed by atoms with Crippen molar-refractivity contribution in [1.29, 1.82) is 0 Å². The molecule has 1 fully saturated rings. The van der Waals surface area contributed by atoms with Gasteiger partial charge in [-0.3, -0.25) is 14.5 Å². The van der Waals surface area contributed by atoms with Crippen molar-refractivity contribution in [3.63, 3.8) is 0 Å². The fraction of sp³-hybridized carbons (Fsp3) is 0.0870. The predicted octanol–water partition coefficient (Wildman–Crippen LogP) is 5.32. The summed E-state index contributed by atoms with van der Waals surface area (Å²) in [5.41, 5.74) is 1.70. The summed E-state index contributed by atoms with van der Waals surface area (Å²) in [7, 11) is 0. The number of anilines is 1. The lowest BCUT2D eigenvalue weighted by Gasteiger charge is -2.24. The van der Waals surface area contributed by atoms with Gasteiger partial charge < -0.3 is 5.11 Å². The molecule has 7 heteroatoms. The van der Waals surface area contributed by atoms with Gasteiger partial charge in [0.1, 0.15) is 11.6 Å². The van der Waals surface area contributed by atoms with E-state index < -0.39 is 17.7 Å². The maximum Gasteiger partial charge on any atom is 0.301 e. The number of hydrogen-bond acceptors (Lipinski definition) is 4. The van der Waals surface area contributed by atoms with Crippen molar-refractivity contribution in [3.05, 3.63) is 99.2 Å². The third kappa shape index (κ3) is 3.47. The van der Waals surface area contributed by atoms with E-state index in [-0.39, 0.29) is 21.9 Å². The van der Waals surface area contributed by atoms with Gasteiger partial charge in [-0.15, -0.1) is 0 Å². The molecule has 2 aromatic carbocycles. The minimum atomic E-state index is -0.882. The van der Waals surface area contributed by atoms with Gasteiger partial charge in [0.2, 0.25) is 0 Å². The number of benzene rings is 2. The van der Waals surface area contributed by atoms with Crippen LogP contribution in [0.3, 0.4) is 0 Å². The van der Waals surface area contributed by atoms with Crippen molar-refractivity contribution in [1.82, 2.24) is 4.98 Å². The number of pyridine rings is 1. The van der Waals surface area contributed by atoms with Crippen molar-refractivity contribution in [2.24, 2.45) is 0 Å². The standard InChI is InChI=1S/C23H16Cl2N2O3/c1-13-10-11-26-18(12-13)27-20(14-6-8-15(24)9-7-14)19(22(29)23(27)30)21(28)16-4-2-3-5-17(16)25/h2-12,20,28H,1H3/t20-/m1/s1. The molecule has 0 unspecified atom stereocenters. The zero-order valence-corrected chi connectivity index (χ0v) is 17.4. The van der Waals surface area contributed by atoms with E-state index in [0.717, 1.165) is 5.56 Å². The first-order chi connectivity index (χ1) is 14.4. The topological polar surface area (TPSA) is 70.5 Å². The number of aliphatic hydroxyl groups is 1. The number of rotatable bonds is 3. The van der Waals surface area contributed by atoms with Crippen molar-refractivity contribution >= 4 is 46.5 Å².